The van der Waals surface area contributed by atoms with Crippen molar-refractivity contribution in [1.82, 2.24) is 0 Å². The van der Waals surface area contributed by atoms with E-state index >= 15 is 0 Å². The molecule has 0 bridgehead atoms. The molecule has 108 valence electrons. The predicted octanol–water partition coefficient (Wildman–Crippen LogP) is 4.03. The fourth-order valence-electron chi connectivity index (χ4n) is 2.96. The average molecular weight is 283 g/mol. The van der Waals surface area contributed by atoms with Crippen molar-refractivity contribution in [2.45, 2.75) is 26.7 Å². The molecule has 0 unspecified atom stereocenters. The van der Waals surface area contributed by atoms with E-state index < -0.39 is 5.82 Å². The van der Waals surface area contributed by atoms with Crippen molar-refractivity contribution < 1.29 is 9.18 Å². The van der Waals surface area contributed by atoms with E-state index in [2.05, 4.69) is 5.32 Å². The Kier molecular flexibility index (Phi) is 3.50. The highest BCUT2D eigenvalue weighted by molar-refractivity contribution is 6.10. The summed E-state index contributed by atoms with van der Waals surface area (Å²) in [4.78, 5) is 12.6. The molecule has 2 aromatic carbocycles. The number of hydrogen-bond acceptors (Lipinski definition) is 2. The van der Waals surface area contributed by atoms with E-state index in [0.717, 1.165) is 36.2 Å². The van der Waals surface area contributed by atoms with Crippen LogP contribution in [0.15, 0.2) is 30.3 Å². The number of ketones is 1. The number of anilines is 1. The van der Waals surface area contributed by atoms with Crippen molar-refractivity contribution >= 4 is 11.5 Å². The molecule has 0 aromatic heterocycles. The van der Waals surface area contributed by atoms with E-state index in [1.807, 2.05) is 25.1 Å². The molecule has 0 saturated heterocycles. The van der Waals surface area contributed by atoms with Crippen LogP contribution in [0.2, 0.25) is 0 Å². The van der Waals surface area contributed by atoms with E-state index in [9.17, 15) is 9.18 Å². The Morgan fingerprint density at radius 3 is 2.76 bits per heavy atom. The minimum Gasteiger partial charge on any atom is -0.385 e. The van der Waals surface area contributed by atoms with Gasteiger partial charge in [-0.25, -0.2) is 4.39 Å². The van der Waals surface area contributed by atoms with E-state index in [4.69, 9.17) is 0 Å². The molecule has 0 aliphatic carbocycles. The van der Waals surface area contributed by atoms with Gasteiger partial charge < -0.3 is 5.32 Å². The van der Waals surface area contributed by atoms with Gasteiger partial charge in [0.25, 0.3) is 0 Å². The molecule has 1 N–H and O–H groups in total. The maximum atomic E-state index is 14.2. The number of nitrogens with one attached hydrogen (secondary N) is 1. The quantitative estimate of drug-likeness (QED) is 0.843. The van der Waals surface area contributed by atoms with Crippen LogP contribution >= 0.6 is 0 Å². The fourth-order valence-corrected chi connectivity index (χ4v) is 2.96. The summed E-state index contributed by atoms with van der Waals surface area (Å²) in [6.07, 6.45) is 2.02. The van der Waals surface area contributed by atoms with Gasteiger partial charge in [0, 0.05) is 17.8 Å². The van der Waals surface area contributed by atoms with Crippen LogP contribution in [-0.4, -0.2) is 12.3 Å². The molecule has 0 spiro atoms. The molecule has 2 aromatic rings. The molecule has 1 aliphatic rings. The van der Waals surface area contributed by atoms with Gasteiger partial charge in [0.2, 0.25) is 0 Å². The zero-order valence-electron chi connectivity index (χ0n) is 12.3. The van der Waals surface area contributed by atoms with Gasteiger partial charge in [-0.05, 0) is 67.6 Å². The van der Waals surface area contributed by atoms with E-state index in [0.29, 0.717) is 11.1 Å². The van der Waals surface area contributed by atoms with Crippen LogP contribution in [0.5, 0.6) is 0 Å². The first-order valence-corrected chi connectivity index (χ1v) is 7.24. The van der Waals surface area contributed by atoms with Gasteiger partial charge in [-0.3, -0.25) is 4.79 Å². The number of carbonyl (C=O) groups excluding carboxylic acids is 1. The number of rotatable bonds is 2. The summed E-state index contributed by atoms with van der Waals surface area (Å²) in [6, 6.07) is 8.85. The Bertz CT molecular complexity index is 698. The third-order valence-corrected chi connectivity index (χ3v) is 3.96. The summed E-state index contributed by atoms with van der Waals surface area (Å²) in [7, 11) is 0. The maximum Gasteiger partial charge on any atom is 0.196 e. The predicted molar refractivity (Wildman–Crippen MR) is 82.6 cm³/mol. The molecule has 2 nitrogen and oxygen atoms in total. The minimum absolute atomic E-state index is 0.185. The van der Waals surface area contributed by atoms with Crippen LogP contribution in [-0.2, 0) is 6.42 Å². The lowest BCUT2D eigenvalue weighted by molar-refractivity contribution is 0.103. The van der Waals surface area contributed by atoms with Gasteiger partial charge in [0.1, 0.15) is 5.82 Å². The number of hydrogen-bond donors (Lipinski definition) is 1. The van der Waals surface area contributed by atoms with Crippen LogP contribution in [0.4, 0.5) is 10.1 Å². The third kappa shape index (κ3) is 2.56. The highest BCUT2D eigenvalue weighted by Crippen LogP contribution is 2.26. The smallest absolute Gasteiger partial charge is 0.196 e. The second-order valence-electron chi connectivity index (χ2n) is 5.67. The maximum absolute atomic E-state index is 14.2. The Labute approximate surface area is 124 Å². The minimum atomic E-state index is -0.437. The molecule has 3 rings (SSSR count). The third-order valence-electron chi connectivity index (χ3n) is 3.96. The first-order chi connectivity index (χ1) is 10.1. The van der Waals surface area contributed by atoms with Crippen LogP contribution < -0.4 is 5.32 Å². The van der Waals surface area contributed by atoms with Gasteiger partial charge in [-0.15, -0.1) is 0 Å². The Morgan fingerprint density at radius 2 is 2.00 bits per heavy atom. The number of halogens is 1. The highest BCUT2D eigenvalue weighted by Gasteiger charge is 2.19. The zero-order chi connectivity index (χ0) is 15.0. The molecule has 3 heteroatoms. The van der Waals surface area contributed by atoms with Gasteiger partial charge in [-0.2, -0.15) is 0 Å². The van der Waals surface area contributed by atoms with E-state index in [-0.39, 0.29) is 11.3 Å². The van der Waals surface area contributed by atoms with Crippen molar-refractivity contribution in [1.29, 1.82) is 0 Å². The van der Waals surface area contributed by atoms with Crippen LogP contribution in [0, 0.1) is 19.7 Å². The van der Waals surface area contributed by atoms with Gasteiger partial charge in [0.15, 0.2) is 5.78 Å². The number of fused-ring (bicyclic) bond motifs is 1. The largest absolute Gasteiger partial charge is 0.385 e. The molecular weight excluding hydrogens is 265 g/mol. The van der Waals surface area contributed by atoms with Crippen LogP contribution in [0.3, 0.4) is 0 Å². The lowest BCUT2D eigenvalue weighted by Gasteiger charge is -2.18. The highest BCUT2D eigenvalue weighted by atomic mass is 19.1. The Morgan fingerprint density at radius 1 is 1.19 bits per heavy atom. The molecule has 0 amide bonds. The Hall–Kier alpha value is -2.16. The normalized spacial score (nSPS) is 13.5. The summed E-state index contributed by atoms with van der Waals surface area (Å²) in [5, 5.41) is 3.31. The number of benzene rings is 2. The van der Waals surface area contributed by atoms with Crippen molar-refractivity contribution in [3.63, 3.8) is 0 Å². The van der Waals surface area contributed by atoms with Crippen molar-refractivity contribution in [3.05, 3.63) is 64.0 Å². The Balaban J connectivity index is 2.03. The van der Waals surface area contributed by atoms with Crippen molar-refractivity contribution in [2.75, 3.05) is 11.9 Å². The molecule has 0 atom stereocenters. The molecule has 1 aliphatic heterocycles. The van der Waals surface area contributed by atoms with E-state index in [1.165, 1.54) is 6.07 Å². The van der Waals surface area contributed by atoms with Gasteiger partial charge in [0.05, 0.1) is 5.56 Å². The summed E-state index contributed by atoms with van der Waals surface area (Å²) in [5.41, 5.74) is 4.48. The number of aryl methyl sites for hydroxylation is 3. The summed E-state index contributed by atoms with van der Waals surface area (Å²) >= 11 is 0. The zero-order valence-corrected chi connectivity index (χ0v) is 12.3. The van der Waals surface area contributed by atoms with Crippen molar-refractivity contribution in [3.8, 4) is 0 Å². The van der Waals surface area contributed by atoms with Crippen molar-refractivity contribution in [2.24, 2.45) is 0 Å². The molecule has 1 heterocycles. The van der Waals surface area contributed by atoms with Crippen LogP contribution in [0.25, 0.3) is 0 Å². The lowest BCUT2D eigenvalue weighted by Crippen LogP contribution is -2.13. The second kappa shape index (κ2) is 5.32. The molecular formula is C18H18FNO. The summed E-state index contributed by atoms with van der Waals surface area (Å²) in [6.45, 7) is 4.57. The molecule has 21 heavy (non-hydrogen) atoms. The molecule has 0 fully saturated rings. The monoisotopic (exact) mass is 283 g/mol. The molecule has 0 radical (unpaired) electrons. The standard InChI is InChI=1S/C18H18FNO/c1-11-8-12(2)17(15(19)9-11)18(21)14-5-6-16-13(10-14)4-3-7-20-16/h5-6,8-10,20H,3-4,7H2,1-2H3. The van der Waals surface area contributed by atoms with E-state index in [1.54, 1.807) is 13.0 Å². The lowest BCUT2D eigenvalue weighted by atomic mass is 9.94. The first-order valence-electron chi connectivity index (χ1n) is 7.24. The first kappa shape index (κ1) is 13.8. The number of carbonyl (C=O) groups is 1. The summed E-state index contributed by atoms with van der Waals surface area (Å²) in [5.74, 6) is -0.674. The van der Waals surface area contributed by atoms with Crippen LogP contribution in [0.1, 0.15) is 39.0 Å². The summed E-state index contributed by atoms with van der Waals surface area (Å²) < 4.78 is 14.2. The molecule has 0 saturated carbocycles. The van der Waals surface area contributed by atoms with Gasteiger partial charge >= 0.3 is 0 Å². The topological polar surface area (TPSA) is 29.1 Å². The second-order valence-corrected chi connectivity index (χ2v) is 5.67. The fraction of sp³-hybridized carbons (Fsp3) is 0.278. The van der Waals surface area contributed by atoms with Gasteiger partial charge in [-0.1, -0.05) is 6.07 Å². The average Bonchev–Trinajstić information content (AvgIpc) is 2.45. The SMILES string of the molecule is Cc1cc(C)c(C(=O)c2ccc3c(c2)CCCN3)c(F)c1.